The molecular weight excluding hydrogens is 278 g/mol. The van der Waals surface area contributed by atoms with E-state index in [0.717, 1.165) is 0 Å². The predicted molar refractivity (Wildman–Crippen MR) is 107 cm³/mol. The van der Waals surface area contributed by atoms with Crippen molar-refractivity contribution in [2.24, 2.45) is 0 Å². The molecule has 1 nitrogen and oxygen atoms in total. The Morgan fingerprint density at radius 2 is 0.783 bits per heavy atom. The number of unbranched alkanes of at least 4 members (excludes halogenated alkanes) is 10. The molecule has 0 aliphatic rings. The number of nitrogens with one attached hydrogen (secondary N) is 1. The molecule has 23 heavy (non-hydrogen) atoms. The van der Waals surface area contributed by atoms with Crippen molar-refractivity contribution in [3.8, 4) is 0 Å². The fraction of sp³-hybridized carbons (Fsp3) is 1.00. The van der Waals surface area contributed by atoms with Crippen LogP contribution >= 0.6 is 0 Å². The van der Waals surface area contributed by atoms with Crippen molar-refractivity contribution in [1.29, 1.82) is 0 Å². The number of rotatable bonds is 16. The minimum atomic E-state index is 0.274. The van der Waals surface area contributed by atoms with Crippen molar-refractivity contribution in [2.75, 3.05) is 0 Å². The molecule has 1 heteroatoms. The van der Waals surface area contributed by atoms with Gasteiger partial charge in [0.1, 0.15) is 0 Å². The van der Waals surface area contributed by atoms with Crippen LogP contribution in [0.5, 0.6) is 0 Å². The summed E-state index contributed by atoms with van der Waals surface area (Å²) in [5.41, 5.74) is 0.549. The van der Waals surface area contributed by atoms with Gasteiger partial charge in [0.05, 0.1) is 0 Å². The molecule has 1 N–H and O–H groups in total. The van der Waals surface area contributed by atoms with E-state index in [1.807, 2.05) is 0 Å². The number of hydrogen-bond donors (Lipinski definition) is 1. The zero-order chi connectivity index (χ0) is 17.6. The molecule has 0 saturated carbocycles. The molecule has 0 spiro atoms. The molecule has 0 bridgehead atoms. The Morgan fingerprint density at radius 3 is 1.13 bits per heavy atom. The van der Waals surface area contributed by atoms with Gasteiger partial charge >= 0.3 is 0 Å². The lowest BCUT2D eigenvalue weighted by Gasteiger charge is -2.37. The van der Waals surface area contributed by atoms with Gasteiger partial charge in [-0.2, -0.15) is 0 Å². The van der Waals surface area contributed by atoms with Crippen molar-refractivity contribution in [2.45, 2.75) is 143 Å². The first-order chi connectivity index (χ1) is 10.8. The minimum absolute atomic E-state index is 0.274. The second-order valence-corrected chi connectivity index (χ2v) is 8.93. The van der Waals surface area contributed by atoms with Crippen LogP contribution in [0.4, 0.5) is 0 Å². The van der Waals surface area contributed by atoms with Crippen LogP contribution in [0.15, 0.2) is 0 Å². The zero-order valence-corrected chi connectivity index (χ0v) is 17.4. The molecule has 0 saturated heterocycles. The summed E-state index contributed by atoms with van der Waals surface area (Å²) in [5, 5.41) is 3.94. The van der Waals surface area contributed by atoms with Gasteiger partial charge in [-0.25, -0.2) is 0 Å². The third-order valence-electron chi connectivity index (χ3n) is 4.99. The molecular formula is C22H47N. The van der Waals surface area contributed by atoms with Gasteiger partial charge in [-0.15, -0.1) is 0 Å². The molecule has 0 rings (SSSR count). The van der Waals surface area contributed by atoms with Gasteiger partial charge in [0, 0.05) is 11.1 Å². The highest BCUT2D eigenvalue weighted by atomic mass is 15.0. The second kappa shape index (κ2) is 13.3. The van der Waals surface area contributed by atoms with Crippen molar-refractivity contribution in [3.63, 3.8) is 0 Å². The van der Waals surface area contributed by atoms with E-state index in [2.05, 4.69) is 46.9 Å². The Bertz CT molecular complexity index is 229. The maximum atomic E-state index is 3.94. The van der Waals surface area contributed by atoms with Gasteiger partial charge < -0.3 is 5.32 Å². The first kappa shape index (κ1) is 23.0. The Hall–Kier alpha value is -0.0400. The van der Waals surface area contributed by atoms with E-state index in [-0.39, 0.29) is 11.1 Å². The fourth-order valence-electron chi connectivity index (χ4n) is 3.74. The molecule has 0 aliphatic heterocycles. The number of hydrogen-bond acceptors (Lipinski definition) is 1. The van der Waals surface area contributed by atoms with Crippen LogP contribution in [0, 0.1) is 0 Å². The summed E-state index contributed by atoms with van der Waals surface area (Å²) in [5.74, 6) is 0. The minimum Gasteiger partial charge on any atom is -0.307 e. The van der Waals surface area contributed by atoms with Gasteiger partial charge in [-0.05, 0) is 40.5 Å². The predicted octanol–water partition coefficient (Wildman–Crippen LogP) is 7.63. The maximum absolute atomic E-state index is 3.94. The van der Waals surface area contributed by atoms with Crippen LogP contribution in [-0.2, 0) is 0 Å². The summed E-state index contributed by atoms with van der Waals surface area (Å²) in [7, 11) is 0. The lowest BCUT2D eigenvalue weighted by atomic mass is 9.89. The molecule has 0 aromatic rings. The zero-order valence-electron chi connectivity index (χ0n) is 17.4. The lowest BCUT2D eigenvalue weighted by molar-refractivity contribution is 0.230. The third kappa shape index (κ3) is 15.2. The van der Waals surface area contributed by atoms with E-state index >= 15 is 0 Å². The van der Waals surface area contributed by atoms with Crippen molar-refractivity contribution in [3.05, 3.63) is 0 Å². The average Bonchev–Trinajstić information content (AvgIpc) is 2.45. The van der Waals surface area contributed by atoms with Gasteiger partial charge in [-0.3, -0.25) is 0 Å². The second-order valence-electron chi connectivity index (χ2n) is 8.93. The largest absolute Gasteiger partial charge is 0.307 e. The standard InChI is InChI=1S/C22H47N/c1-7-9-11-13-15-17-19-21(3,4)23-22(5,6)20-18-16-14-12-10-8-2/h23H,7-20H2,1-6H3. The van der Waals surface area contributed by atoms with E-state index in [4.69, 9.17) is 0 Å². The van der Waals surface area contributed by atoms with Crippen LogP contribution < -0.4 is 5.32 Å². The normalized spacial score (nSPS) is 12.8. The Kier molecular flexibility index (Phi) is 13.3. The Labute approximate surface area is 148 Å². The molecule has 0 unspecified atom stereocenters. The SMILES string of the molecule is CCCCCCCCC(C)(C)NC(C)(C)CCCCCCCC. The molecule has 0 aromatic carbocycles. The van der Waals surface area contributed by atoms with Crippen LogP contribution in [0.1, 0.15) is 131 Å². The lowest BCUT2D eigenvalue weighted by Crippen LogP contribution is -2.51. The van der Waals surface area contributed by atoms with E-state index < -0.39 is 0 Å². The van der Waals surface area contributed by atoms with E-state index in [9.17, 15) is 0 Å². The van der Waals surface area contributed by atoms with Crippen molar-refractivity contribution >= 4 is 0 Å². The quantitative estimate of drug-likeness (QED) is 0.287. The van der Waals surface area contributed by atoms with Gasteiger partial charge in [0.25, 0.3) is 0 Å². The average molecular weight is 326 g/mol. The van der Waals surface area contributed by atoms with Crippen LogP contribution in [0.2, 0.25) is 0 Å². The summed E-state index contributed by atoms with van der Waals surface area (Å²) in [6, 6.07) is 0. The summed E-state index contributed by atoms with van der Waals surface area (Å²) < 4.78 is 0. The Morgan fingerprint density at radius 1 is 0.478 bits per heavy atom. The van der Waals surface area contributed by atoms with Crippen LogP contribution in [0.3, 0.4) is 0 Å². The van der Waals surface area contributed by atoms with Crippen LogP contribution in [0.25, 0.3) is 0 Å². The topological polar surface area (TPSA) is 12.0 Å². The smallest absolute Gasteiger partial charge is 0.0130 e. The maximum Gasteiger partial charge on any atom is 0.0130 e. The molecule has 0 radical (unpaired) electrons. The summed E-state index contributed by atoms with van der Waals surface area (Å²) in [4.78, 5) is 0. The monoisotopic (exact) mass is 325 g/mol. The molecule has 0 fully saturated rings. The summed E-state index contributed by atoms with van der Waals surface area (Å²) in [6.07, 6.45) is 19.4. The highest BCUT2D eigenvalue weighted by Crippen LogP contribution is 2.23. The molecule has 0 atom stereocenters. The Balaban J connectivity index is 3.82. The van der Waals surface area contributed by atoms with Crippen LogP contribution in [-0.4, -0.2) is 11.1 Å². The summed E-state index contributed by atoms with van der Waals surface area (Å²) in [6.45, 7) is 14.1. The molecule has 0 aromatic heterocycles. The molecule has 0 aliphatic carbocycles. The fourth-order valence-corrected chi connectivity index (χ4v) is 3.74. The van der Waals surface area contributed by atoms with Gasteiger partial charge in [0.15, 0.2) is 0 Å². The van der Waals surface area contributed by atoms with Gasteiger partial charge in [-0.1, -0.05) is 90.9 Å². The van der Waals surface area contributed by atoms with Crippen molar-refractivity contribution < 1.29 is 0 Å². The molecule has 0 heterocycles. The first-order valence-electron chi connectivity index (χ1n) is 10.6. The van der Waals surface area contributed by atoms with E-state index in [1.165, 1.54) is 89.9 Å². The van der Waals surface area contributed by atoms with Gasteiger partial charge in [0.2, 0.25) is 0 Å². The van der Waals surface area contributed by atoms with Crippen molar-refractivity contribution in [1.82, 2.24) is 5.32 Å². The first-order valence-corrected chi connectivity index (χ1v) is 10.6. The highest BCUT2D eigenvalue weighted by molar-refractivity contribution is 4.88. The molecule has 0 amide bonds. The highest BCUT2D eigenvalue weighted by Gasteiger charge is 2.26. The van der Waals surface area contributed by atoms with E-state index in [0.29, 0.717) is 0 Å². The third-order valence-corrected chi connectivity index (χ3v) is 4.99. The molecule has 140 valence electrons. The van der Waals surface area contributed by atoms with E-state index in [1.54, 1.807) is 0 Å². The summed E-state index contributed by atoms with van der Waals surface area (Å²) >= 11 is 0.